The summed E-state index contributed by atoms with van der Waals surface area (Å²) in [5.41, 5.74) is 0. The zero-order valence-corrected chi connectivity index (χ0v) is 13.0. The number of amides is 1. The molecule has 1 aliphatic heterocycles. The Bertz CT molecular complexity index is 618. The van der Waals surface area contributed by atoms with Crippen LogP contribution in [0.4, 0.5) is 13.2 Å². The van der Waals surface area contributed by atoms with E-state index in [0.29, 0.717) is 37.3 Å². The zero-order valence-electron chi connectivity index (χ0n) is 12.2. The molecular formula is C14H14F3NO4S. The normalized spacial score (nSPS) is 16.3. The van der Waals surface area contributed by atoms with Gasteiger partial charge in [0, 0.05) is 13.1 Å². The molecule has 1 aromatic heterocycles. The molecule has 0 saturated carbocycles. The van der Waals surface area contributed by atoms with Crippen LogP contribution in [-0.4, -0.2) is 48.9 Å². The van der Waals surface area contributed by atoms with Crippen LogP contribution in [0.2, 0.25) is 0 Å². The number of nitrogens with zero attached hydrogens (tertiary/aromatic N) is 1. The van der Waals surface area contributed by atoms with Crippen molar-refractivity contribution in [3.05, 3.63) is 21.9 Å². The van der Waals surface area contributed by atoms with Crippen molar-refractivity contribution in [2.75, 3.05) is 20.2 Å². The number of likely N-dealkylation sites (tertiary alicyclic amines) is 1. The molecule has 0 aliphatic carbocycles. The van der Waals surface area contributed by atoms with E-state index < -0.39 is 22.7 Å². The second-order valence-corrected chi connectivity index (χ2v) is 6.16. The van der Waals surface area contributed by atoms with E-state index in [0.717, 1.165) is 6.07 Å². The van der Waals surface area contributed by atoms with Crippen LogP contribution in [0.5, 0.6) is 0 Å². The van der Waals surface area contributed by atoms with Gasteiger partial charge in [-0.05, 0) is 25.0 Å². The number of esters is 1. The molecule has 0 atom stereocenters. The van der Waals surface area contributed by atoms with Gasteiger partial charge >= 0.3 is 12.1 Å². The van der Waals surface area contributed by atoms with Crippen LogP contribution in [0.15, 0.2) is 12.1 Å². The van der Waals surface area contributed by atoms with Crippen LogP contribution >= 0.6 is 11.3 Å². The van der Waals surface area contributed by atoms with E-state index in [1.807, 2.05) is 0 Å². The number of ether oxygens (including phenoxy) is 1. The first-order chi connectivity index (χ1) is 10.7. The summed E-state index contributed by atoms with van der Waals surface area (Å²) in [4.78, 5) is 35.8. The van der Waals surface area contributed by atoms with Crippen LogP contribution < -0.4 is 0 Å². The Morgan fingerprint density at radius 3 is 2.26 bits per heavy atom. The average molecular weight is 349 g/mol. The quantitative estimate of drug-likeness (QED) is 0.621. The lowest BCUT2D eigenvalue weighted by molar-refractivity contribution is -0.146. The topological polar surface area (TPSA) is 63.7 Å². The fourth-order valence-corrected chi connectivity index (χ4v) is 3.29. The number of Topliss-reactive ketones (excluding diaryl/α,β-unsaturated/α-hetero) is 1. The van der Waals surface area contributed by atoms with Gasteiger partial charge in [0.1, 0.15) is 0 Å². The number of methoxy groups -OCH3 is 1. The Kier molecular flexibility index (Phi) is 5.08. The molecule has 1 saturated heterocycles. The summed E-state index contributed by atoms with van der Waals surface area (Å²) < 4.78 is 41.8. The lowest BCUT2D eigenvalue weighted by Crippen LogP contribution is -2.40. The van der Waals surface area contributed by atoms with Crippen molar-refractivity contribution in [1.29, 1.82) is 0 Å². The first-order valence-electron chi connectivity index (χ1n) is 6.82. The van der Waals surface area contributed by atoms with Gasteiger partial charge in [-0.15, -0.1) is 11.3 Å². The minimum absolute atomic E-state index is 0.0779. The van der Waals surface area contributed by atoms with Gasteiger partial charge in [-0.25, -0.2) is 0 Å². The Morgan fingerprint density at radius 1 is 1.17 bits per heavy atom. The molecular weight excluding hydrogens is 335 g/mol. The van der Waals surface area contributed by atoms with Crippen molar-refractivity contribution >= 4 is 29.0 Å². The summed E-state index contributed by atoms with van der Waals surface area (Å²) in [6.07, 6.45) is -4.07. The molecule has 5 nitrogen and oxygen atoms in total. The zero-order chi connectivity index (χ0) is 17.2. The lowest BCUT2D eigenvalue weighted by Gasteiger charge is -2.30. The van der Waals surface area contributed by atoms with Gasteiger partial charge in [-0.3, -0.25) is 14.4 Å². The lowest BCUT2D eigenvalue weighted by atomic mass is 9.97. The number of carbonyl (C=O) groups excluding carboxylic acids is 3. The maximum Gasteiger partial charge on any atom is 0.455 e. The molecule has 0 bridgehead atoms. The highest BCUT2D eigenvalue weighted by molar-refractivity contribution is 7.16. The maximum absolute atomic E-state index is 12.4. The number of ketones is 1. The van der Waals surface area contributed by atoms with Gasteiger partial charge in [0.05, 0.1) is 22.8 Å². The van der Waals surface area contributed by atoms with Gasteiger partial charge in [0.15, 0.2) is 0 Å². The van der Waals surface area contributed by atoms with Crippen LogP contribution in [0.25, 0.3) is 0 Å². The molecule has 1 amide bonds. The molecule has 1 aromatic rings. The van der Waals surface area contributed by atoms with Crippen LogP contribution in [0.1, 0.15) is 32.2 Å². The van der Waals surface area contributed by atoms with Crippen LogP contribution in [-0.2, 0) is 9.53 Å². The molecule has 23 heavy (non-hydrogen) atoms. The molecule has 126 valence electrons. The first-order valence-corrected chi connectivity index (χ1v) is 7.64. The van der Waals surface area contributed by atoms with Gasteiger partial charge < -0.3 is 9.64 Å². The van der Waals surface area contributed by atoms with Crippen molar-refractivity contribution < 1.29 is 32.3 Å². The predicted molar refractivity (Wildman–Crippen MR) is 75.3 cm³/mol. The number of hydrogen-bond donors (Lipinski definition) is 0. The Hall–Kier alpha value is -1.90. The summed E-state index contributed by atoms with van der Waals surface area (Å²) in [6, 6.07) is 2.23. The smallest absolute Gasteiger partial charge is 0.455 e. The number of rotatable bonds is 3. The minimum atomic E-state index is -4.95. The third-order valence-corrected chi connectivity index (χ3v) is 4.69. The van der Waals surface area contributed by atoms with E-state index >= 15 is 0 Å². The molecule has 0 radical (unpaired) electrons. The van der Waals surface area contributed by atoms with E-state index in [1.165, 1.54) is 18.1 Å². The molecule has 2 rings (SSSR count). The Balaban J connectivity index is 2.01. The van der Waals surface area contributed by atoms with Crippen molar-refractivity contribution in [1.82, 2.24) is 4.90 Å². The number of thiophene rings is 1. The molecule has 0 spiro atoms. The van der Waals surface area contributed by atoms with Crippen molar-refractivity contribution in [2.45, 2.75) is 19.0 Å². The number of alkyl halides is 3. The van der Waals surface area contributed by atoms with Crippen LogP contribution in [0, 0.1) is 5.92 Å². The molecule has 1 fully saturated rings. The molecule has 0 aromatic carbocycles. The highest BCUT2D eigenvalue weighted by atomic mass is 32.1. The molecule has 2 heterocycles. The fraction of sp³-hybridized carbons (Fsp3) is 0.500. The van der Waals surface area contributed by atoms with E-state index in [4.69, 9.17) is 0 Å². The number of carbonyl (C=O) groups is 3. The minimum Gasteiger partial charge on any atom is -0.469 e. The fourth-order valence-electron chi connectivity index (χ4n) is 2.36. The van der Waals surface area contributed by atoms with Crippen molar-refractivity contribution in [3.8, 4) is 0 Å². The molecule has 0 unspecified atom stereocenters. The van der Waals surface area contributed by atoms with Crippen molar-refractivity contribution in [3.63, 3.8) is 0 Å². The SMILES string of the molecule is COC(=O)C1CCN(C(=O)c2ccc(C(=O)C(F)(F)F)s2)CC1. The number of piperidine rings is 1. The van der Waals surface area contributed by atoms with E-state index in [2.05, 4.69) is 4.74 Å². The Morgan fingerprint density at radius 2 is 1.74 bits per heavy atom. The molecule has 1 aliphatic rings. The average Bonchev–Trinajstić information content (AvgIpc) is 3.01. The summed E-state index contributed by atoms with van der Waals surface area (Å²) in [5.74, 6) is -2.98. The second kappa shape index (κ2) is 6.69. The van der Waals surface area contributed by atoms with Gasteiger partial charge in [0.2, 0.25) is 0 Å². The highest BCUT2D eigenvalue weighted by Crippen LogP contribution is 2.28. The molecule has 9 heteroatoms. The van der Waals surface area contributed by atoms with Gasteiger partial charge in [0.25, 0.3) is 11.7 Å². The summed E-state index contributed by atoms with van der Waals surface area (Å²) in [5, 5.41) is 0. The maximum atomic E-state index is 12.4. The third-order valence-electron chi connectivity index (χ3n) is 3.61. The standard InChI is InChI=1S/C14H14F3NO4S/c1-22-13(21)8-4-6-18(7-5-8)12(20)10-3-2-9(23-10)11(19)14(15,16)17/h2-3,8H,4-7H2,1H3. The number of hydrogen-bond acceptors (Lipinski definition) is 5. The summed E-state index contributed by atoms with van der Waals surface area (Å²) in [7, 11) is 1.30. The second-order valence-electron chi connectivity index (χ2n) is 5.08. The van der Waals surface area contributed by atoms with E-state index in [9.17, 15) is 27.6 Å². The largest absolute Gasteiger partial charge is 0.469 e. The third kappa shape index (κ3) is 3.90. The van der Waals surface area contributed by atoms with E-state index in [1.54, 1.807) is 0 Å². The van der Waals surface area contributed by atoms with Crippen LogP contribution in [0.3, 0.4) is 0 Å². The van der Waals surface area contributed by atoms with Gasteiger partial charge in [-0.2, -0.15) is 13.2 Å². The highest BCUT2D eigenvalue weighted by Gasteiger charge is 2.40. The molecule has 0 N–H and O–H groups in total. The summed E-state index contributed by atoms with van der Waals surface area (Å²) >= 11 is 0.529. The number of halogens is 3. The first kappa shape index (κ1) is 17.5. The summed E-state index contributed by atoms with van der Waals surface area (Å²) in [6.45, 7) is 0.637. The van der Waals surface area contributed by atoms with Crippen molar-refractivity contribution in [2.24, 2.45) is 5.92 Å². The monoisotopic (exact) mass is 349 g/mol. The van der Waals surface area contributed by atoms with E-state index in [-0.39, 0.29) is 16.8 Å². The van der Waals surface area contributed by atoms with Gasteiger partial charge in [-0.1, -0.05) is 0 Å². The predicted octanol–water partition coefficient (Wildman–Crippen LogP) is 2.52. The Labute approximate surface area is 134 Å².